The first kappa shape index (κ1) is 35.9. The van der Waals surface area contributed by atoms with Gasteiger partial charge in [0.1, 0.15) is 24.2 Å². The molecule has 2 N–H and O–H groups in total. The lowest BCUT2D eigenvalue weighted by Gasteiger charge is -2.38. The summed E-state index contributed by atoms with van der Waals surface area (Å²) in [5, 5.41) is 2.94. The van der Waals surface area contributed by atoms with Crippen molar-refractivity contribution in [2.45, 2.75) is 77.0 Å². The molecule has 6 atom stereocenters. The van der Waals surface area contributed by atoms with Gasteiger partial charge in [-0.3, -0.25) is 9.79 Å². The largest absolute Gasteiger partial charge is 0.462 e. The Hall–Kier alpha value is -2.95. The number of ether oxygens (including phenoxy) is 2. The van der Waals surface area contributed by atoms with E-state index in [1.807, 2.05) is 33.8 Å². The van der Waals surface area contributed by atoms with Crippen molar-refractivity contribution in [3.8, 4) is 0 Å². The molecule has 2 fully saturated rings. The van der Waals surface area contributed by atoms with Gasteiger partial charge >= 0.3 is 0 Å². The maximum Gasteiger partial charge on any atom is 0.277 e. The zero-order chi connectivity index (χ0) is 36.0. The van der Waals surface area contributed by atoms with E-state index in [-0.39, 0.29) is 60.5 Å². The summed E-state index contributed by atoms with van der Waals surface area (Å²) in [4.78, 5) is 28.2. The topological polar surface area (TPSA) is 157 Å². The van der Waals surface area contributed by atoms with Crippen molar-refractivity contribution >= 4 is 59.4 Å². The fourth-order valence-corrected chi connectivity index (χ4v) is 8.98. The number of benzene rings is 1. The van der Waals surface area contributed by atoms with Crippen LogP contribution in [-0.4, -0.2) is 113 Å². The summed E-state index contributed by atoms with van der Waals surface area (Å²) in [6.45, 7) is 12.5. The summed E-state index contributed by atoms with van der Waals surface area (Å²) in [5.74, 6) is -0.783. The third-order valence-electron chi connectivity index (χ3n) is 8.17. The number of carbonyl (C=O) groups excluding carboxylic acids is 1. The van der Waals surface area contributed by atoms with E-state index < -0.39 is 48.7 Å². The summed E-state index contributed by atoms with van der Waals surface area (Å²) < 4.78 is 60.9. The Balaban J connectivity index is 1.47. The lowest BCUT2D eigenvalue weighted by molar-refractivity contribution is 0.0126. The summed E-state index contributed by atoms with van der Waals surface area (Å²) in [7, 11) is -4.94. The van der Waals surface area contributed by atoms with Gasteiger partial charge in [-0.05, 0) is 58.9 Å². The van der Waals surface area contributed by atoms with Gasteiger partial charge in [0.05, 0.1) is 29.2 Å². The van der Waals surface area contributed by atoms with E-state index in [1.54, 1.807) is 41.5 Å². The molecule has 3 unspecified atom stereocenters. The second kappa shape index (κ2) is 16.4. The third-order valence-corrected chi connectivity index (χ3v) is 12.1. The highest BCUT2D eigenvalue weighted by molar-refractivity contribution is 7.91. The van der Waals surface area contributed by atoms with Crippen molar-refractivity contribution in [1.82, 2.24) is 25.0 Å². The smallest absolute Gasteiger partial charge is 0.277 e. The van der Waals surface area contributed by atoms with Crippen LogP contribution in [0.1, 0.15) is 57.9 Å². The van der Waals surface area contributed by atoms with Crippen LogP contribution in [0.3, 0.4) is 0 Å². The Morgan fingerprint density at radius 2 is 1.92 bits per heavy atom. The Morgan fingerprint density at radius 3 is 2.57 bits per heavy atom. The number of hydrogen-bond donors (Lipinski definition) is 2. The SMILES string of the molecule is [2H]C[C@H]1OC(C2C=Nc3c(NC(=O)c4ccccc4)ncnc32)[C@@H](OC(=S)N2CCS(=O)(=O)CC2)[C@H]1OP(ONCC=C)N(C(C)C)C(C)C. The number of aliphatic imine (C=N–C) groups is 1. The summed E-state index contributed by atoms with van der Waals surface area (Å²) in [5.41, 5.74) is 4.25. The van der Waals surface area contributed by atoms with Crippen LogP contribution >= 0.6 is 20.7 Å². The van der Waals surface area contributed by atoms with Crippen LogP contribution in [0.2, 0.25) is 0 Å². The number of amides is 1. The minimum atomic E-state index is -3.17. The van der Waals surface area contributed by atoms with Crippen LogP contribution in [0, 0.1) is 0 Å². The molecule has 14 nitrogen and oxygen atoms in total. The molecular weight excluding hydrogens is 690 g/mol. The molecule has 0 spiro atoms. The van der Waals surface area contributed by atoms with E-state index in [0.717, 1.165) is 0 Å². The number of nitrogens with one attached hydrogen (secondary N) is 2. The number of hydroxylamine groups is 1. The molecule has 266 valence electrons. The zero-order valence-electron chi connectivity index (χ0n) is 29.0. The van der Waals surface area contributed by atoms with E-state index in [1.165, 1.54) is 6.33 Å². The van der Waals surface area contributed by atoms with Crippen molar-refractivity contribution in [1.29, 1.82) is 0 Å². The highest BCUT2D eigenvalue weighted by atomic mass is 32.2. The number of aromatic nitrogens is 2. The molecule has 1 aromatic carbocycles. The number of anilines is 1. The predicted octanol–water partition coefficient (Wildman–Crippen LogP) is 4.15. The molecule has 0 saturated carbocycles. The molecule has 2 aromatic rings. The van der Waals surface area contributed by atoms with Gasteiger partial charge < -0.3 is 24.2 Å². The van der Waals surface area contributed by atoms with E-state index in [2.05, 4.69) is 37.0 Å². The minimum absolute atomic E-state index is 0.0324. The minimum Gasteiger partial charge on any atom is -0.462 e. The lowest BCUT2D eigenvalue weighted by Crippen LogP contribution is -2.48. The van der Waals surface area contributed by atoms with Gasteiger partial charge in [0.25, 0.3) is 19.6 Å². The molecule has 0 bridgehead atoms. The summed E-state index contributed by atoms with van der Waals surface area (Å²) in [6.07, 6.45) is 1.41. The van der Waals surface area contributed by atoms with Crippen molar-refractivity contribution in [3.05, 3.63) is 60.6 Å². The molecular formula is C32H44N7O7PS2. The third kappa shape index (κ3) is 8.86. The van der Waals surface area contributed by atoms with Gasteiger partial charge in [0.2, 0.25) is 0 Å². The standard InChI is InChI=1S/C32H44N7O7PS2/c1-7-13-36-46-47(39(20(2)3)21(4)5)45-27-22(6)43-28(29(27)44-32(48)38-14-16-49(41,42)17-15-38)24-18-33-26-25(24)34-19-35-30(26)37-31(40)23-11-9-8-10-12-23/h7-12,18-22,24,27-29,36H,1,13-17H2,2-6H3,(H,34,35,37,40)/t22-,24?,27+,28?,29+,47?/m1/s1/i6D. The fraction of sp³-hybridized carbons (Fsp3) is 0.531. The Morgan fingerprint density at radius 1 is 1.20 bits per heavy atom. The fourth-order valence-electron chi connectivity index (χ4n) is 5.83. The van der Waals surface area contributed by atoms with Gasteiger partial charge in [-0.2, -0.15) is 5.48 Å². The van der Waals surface area contributed by atoms with Crippen LogP contribution in [0.25, 0.3) is 0 Å². The molecule has 3 aliphatic heterocycles. The maximum atomic E-state index is 13.0. The van der Waals surface area contributed by atoms with Gasteiger partial charge in [0, 0.05) is 44.9 Å². The first-order valence-electron chi connectivity index (χ1n) is 16.8. The molecule has 0 radical (unpaired) electrons. The first-order chi connectivity index (χ1) is 23.9. The van der Waals surface area contributed by atoms with Crippen LogP contribution in [0.4, 0.5) is 11.5 Å². The molecule has 4 heterocycles. The first-order valence-corrected chi connectivity index (χ1v) is 19.4. The van der Waals surface area contributed by atoms with Crippen molar-refractivity contribution in [2.24, 2.45) is 4.99 Å². The number of rotatable bonds is 13. The van der Waals surface area contributed by atoms with Gasteiger partial charge in [-0.1, -0.05) is 24.3 Å². The van der Waals surface area contributed by atoms with E-state index in [4.69, 9.17) is 32.2 Å². The normalized spacial score (nSPS) is 25.3. The number of hydrogen-bond acceptors (Lipinski definition) is 13. The molecule has 0 aliphatic carbocycles. The van der Waals surface area contributed by atoms with Crippen LogP contribution in [0.5, 0.6) is 0 Å². The highest BCUT2D eigenvalue weighted by Crippen LogP contribution is 2.50. The Labute approximate surface area is 295 Å². The second-order valence-corrected chi connectivity index (χ2v) is 16.3. The van der Waals surface area contributed by atoms with Crippen LogP contribution < -0.4 is 10.8 Å². The number of sulfone groups is 1. The number of carbonyl (C=O) groups is 1. The molecule has 1 amide bonds. The monoisotopic (exact) mass is 734 g/mol. The van der Waals surface area contributed by atoms with Crippen LogP contribution in [0.15, 0.2) is 54.3 Å². The second-order valence-electron chi connectivity index (χ2n) is 12.3. The number of fused-ring (bicyclic) bond motifs is 1. The average Bonchev–Trinajstić information content (AvgIpc) is 3.66. The van der Waals surface area contributed by atoms with Crippen LogP contribution in [-0.2, 0) is 28.5 Å². The van der Waals surface area contributed by atoms with E-state index in [0.29, 0.717) is 23.5 Å². The van der Waals surface area contributed by atoms with Crippen molar-refractivity contribution in [3.63, 3.8) is 0 Å². The zero-order valence-corrected chi connectivity index (χ0v) is 30.5. The lowest BCUT2D eigenvalue weighted by atomic mass is 9.94. The van der Waals surface area contributed by atoms with E-state index >= 15 is 0 Å². The Kier molecular flexibility index (Phi) is 12.0. The van der Waals surface area contributed by atoms with Gasteiger partial charge in [-0.25, -0.2) is 27.7 Å². The van der Waals surface area contributed by atoms with Gasteiger partial charge in [-0.15, -0.1) is 6.58 Å². The predicted molar refractivity (Wildman–Crippen MR) is 193 cm³/mol. The average molecular weight is 735 g/mol. The summed E-state index contributed by atoms with van der Waals surface area (Å²) in [6, 6.07) is 8.83. The Bertz CT molecular complexity index is 1630. The maximum absolute atomic E-state index is 13.0. The molecule has 2 saturated heterocycles. The molecule has 5 rings (SSSR count). The van der Waals surface area contributed by atoms with Crippen molar-refractivity contribution < 1.29 is 33.2 Å². The number of nitrogens with zero attached hydrogens (tertiary/aromatic N) is 5. The summed E-state index contributed by atoms with van der Waals surface area (Å²) >= 11 is 5.75. The highest BCUT2D eigenvalue weighted by Gasteiger charge is 2.53. The quantitative estimate of drug-likeness (QED) is 0.0996. The molecule has 1 aromatic heterocycles. The molecule has 49 heavy (non-hydrogen) atoms. The molecule has 17 heteroatoms. The van der Waals surface area contributed by atoms with Crippen molar-refractivity contribution in [2.75, 3.05) is 36.5 Å². The number of thiocarbonyl (C=S) groups is 1. The molecule has 3 aliphatic rings. The van der Waals surface area contributed by atoms with E-state index in [9.17, 15) is 13.2 Å². The van der Waals surface area contributed by atoms with Gasteiger partial charge in [0.15, 0.2) is 21.8 Å².